The Kier molecular flexibility index (Phi) is 8.00. The molecule has 0 saturated carbocycles. The summed E-state index contributed by atoms with van der Waals surface area (Å²) in [7, 11) is 2.92. The Balaban J connectivity index is 2.65. The van der Waals surface area contributed by atoms with E-state index in [0.29, 0.717) is 19.7 Å². The summed E-state index contributed by atoms with van der Waals surface area (Å²) in [5, 5.41) is 0. The summed E-state index contributed by atoms with van der Waals surface area (Å²) in [5.41, 5.74) is 0.919. The van der Waals surface area contributed by atoms with Crippen LogP contribution in [0.2, 0.25) is 0 Å². The zero-order valence-corrected chi connectivity index (χ0v) is 13.9. The van der Waals surface area contributed by atoms with E-state index in [1.807, 2.05) is 24.3 Å². The molecule has 21 heavy (non-hydrogen) atoms. The number of benzene rings is 1. The molecule has 116 valence electrons. The first-order chi connectivity index (χ1) is 10.1. The highest BCUT2D eigenvalue weighted by atomic mass is 79.9. The molecule has 0 aliphatic carbocycles. The first-order valence-corrected chi connectivity index (χ1v) is 7.44. The quantitative estimate of drug-likeness (QED) is 0.668. The van der Waals surface area contributed by atoms with E-state index in [-0.39, 0.29) is 24.7 Å². The van der Waals surface area contributed by atoms with Crippen molar-refractivity contribution in [2.75, 3.05) is 33.9 Å². The second kappa shape index (κ2) is 9.52. The molecule has 0 fully saturated rings. The predicted molar refractivity (Wildman–Crippen MR) is 82.9 cm³/mol. The SMILES string of the molecule is COCCN(CCC(=O)OC)C(=O)Cc1ccccc1Br. The molecule has 1 aromatic carbocycles. The Labute approximate surface area is 133 Å². The van der Waals surface area contributed by atoms with Crippen LogP contribution in [0.15, 0.2) is 28.7 Å². The van der Waals surface area contributed by atoms with Crippen LogP contribution in [0.25, 0.3) is 0 Å². The minimum Gasteiger partial charge on any atom is -0.469 e. The van der Waals surface area contributed by atoms with Crippen LogP contribution in [-0.2, 0) is 25.5 Å². The number of amides is 1. The van der Waals surface area contributed by atoms with Gasteiger partial charge in [0.25, 0.3) is 0 Å². The summed E-state index contributed by atoms with van der Waals surface area (Å²) in [6.45, 7) is 1.22. The minimum absolute atomic E-state index is 0.0390. The first-order valence-electron chi connectivity index (χ1n) is 6.65. The van der Waals surface area contributed by atoms with Crippen LogP contribution in [0.4, 0.5) is 0 Å². The lowest BCUT2D eigenvalue weighted by atomic mass is 10.1. The molecule has 0 heterocycles. The van der Waals surface area contributed by atoms with Crippen LogP contribution in [-0.4, -0.2) is 50.7 Å². The molecule has 1 rings (SSSR count). The largest absolute Gasteiger partial charge is 0.469 e. The van der Waals surface area contributed by atoms with Gasteiger partial charge in [-0.2, -0.15) is 0 Å². The van der Waals surface area contributed by atoms with Gasteiger partial charge in [0.05, 0.1) is 26.6 Å². The molecule has 0 unspecified atom stereocenters. The van der Waals surface area contributed by atoms with Gasteiger partial charge in [-0.05, 0) is 11.6 Å². The van der Waals surface area contributed by atoms with E-state index < -0.39 is 0 Å². The number of esters is 1. The standard InChI is InChI=1S/C15H20BrNO4/c1-20-10-9-17(8-7-15(19)21-2)14(18)11-12-5-3-4-6-13(12)16/h3-6H,7-11H2,1-2H3. The van der Waals surface area contributed by atoms with Crippen molar-refractivity contribution in [3.8, 4) is 0 Å². The van der Waals surface area contributed by atoms with Gasteiger partial charge in [-0.15, -0.1) is 0 Å². The van der Waals surface area contributed by atoms with Crippen molar-refractivity contribution >= 4 is 27.8 Å². The molecule has 0 aromatic heterocycles. The van der Waals surface area contributed by atoms with Crippen molar-refractivity contribution in [3.63, 3.8) is 0 Å². The minimum atomic E-state index is -0.328. The number of hydrogen-bond donors (Lipinski definition) is 0. The van der Waals surface area contributed by atoms with E-state index in [2.05, 4.69) is 20.7 Å². The Hall–Kier alpha value is -1.40. The number of carbonyl (C=O) groups excluding carboxylic acids is 2. The van der Waals surface area contributed by atoms with Crippen LogP contribution in [0.1, 0.15) is 12.0 Å². The Morgan fingerprint density at radius 3 is 2.52 bits per heavy atom. The maximum atomic E-state index is 12.4. The van der Waals surface area contributed by atoms with E-state index in [1.165, 1.54) is 7.11 Å². The molecule has 0 spiro atoms. The third kappa shape index (κ3) is 6.27. The van der Waals surface area contributed by atoms with E-state index in [4.69, 9.17) is 4.74 Å². The van der Waals surface area contributed by atoms with Crippen LogP contribution >= 0.6 is 15.9 Å². The lowest BCUT2D eigenvalue weighted by Gasteiger charge is -2.22. The number of ether oxygens (including phenoxy) is 2. The number of rotatable bonds is 8. The number of carbonyl (C=O) groups is 2. The fraction of sp³-hybridized carbons (Fsp3) is 0.467. The topological polar surface area (TPSA) is 55.8 Å². The predicted octanol–water partition coefficient (Wildman–Crippen LogP) is 2.03. The third-order valence-corrected chi connectivity index (χ3v) is 3.80. The van der Waals surface area contributed by atoms with Crippen LogP contribution in [0.3, 0.4) is 0 Å². The normalized spacial score (nSPS) is 10.2. The summed E-state index contributed by atoms with van der Waals surface area (Å²) < 4.78 is 10.5. The van der Waals surface area contributed by atoms with Gasteiger partial charge in [0.2, 0.25) is 5.91 Å². The highest BCUT2D eigenvalue weighted by Crippen LogP contribution is 2.17. The molecule has 0 aliphatic rings. The molecule has 0 bridgehead atoms. The van der Waals surface area contributed by atoms with Crippen molar-refractivity contribution in [1.29, 1.82) is 0 Å². The van der Waals surface area contributed by atoms with Gasteiger partial charge in [0.15, 0.2) is 0 Å². The molecule has 0 aliphatic heterocycles. The van der Waals surface area contributed by atoms with Gasteiger partial charge in [0.1, 0.15) is 0 Å². The zero-order chi connectivity index (χ0) is 15.7. The maximum absolute atomic E-state index is 12.4. The van der Waals surface area contributed by atoms with E-state index >= 15 is 0 Å². The summed E-state index contributed by atoms with van der Waals surface area (Å²) in [5.74, 6) is -0.367. The van der Waals surface area contributed by atoms with Crippen LogP contribution in [0, 0.1) is 0 Å². The molecule has 0 atom stereocenters. The second-order valence-electron chi connectivity index (χ2n) is 4.47. The zero-order valence-electron chi connectivity index (χ0n) is 12.3. The number of methoxy groups -OCH3 is 2. The van der Waals surface area contributed by atoms with Crippen molar-refractivity contribution in [1.82, 2.24) is 4.90 Å². The third-order valence-electron chi connectivity index (χ3n) is 3.03. The second-order valence-corrected chi connectivity index (χ2v) is 5.32. The average Bonchev–Trinajstić information content (AvgIpc) is 2.49. The molecule has 1 aromatic rings. The monoisotopic (exact) mass is 357 g/mol. The highest BCUT2D eigenvalue weighted by molar-refractivity contribution is 9.10. The fourth-order valence-electron chi connectivity index (χ4n) is 1.81. The summed E-state index contributed by atoms with van der Waals surface area (Å²) in [6, 6.07) is 7.59. The molecule has 0 N–H and O–H groups in total. The van der Waals surface area contributed by atoms with Crippen LogP contribution < -0.4 is 0 Å². The molecule has 6 heteroatoms. The lowest BCUT2D eigenvalue weighted by molar-refractivity contribution is -0.141. The van der Waals surface area contributed by atoms with Crippen molar-refractivity contribution < 1.29 is 19.1 Å². The Morgan fingerprint density at radius 2 is 1.90 bits per heavy atom. The molecule has 0 saturated heterocycles. The van der Waals surface area contributed by atoms with Gasteiger partial charge < -0.3 is 14.4 Å². The van der Waals surface area contributed by atoms with Gasteiger partial charge in [-0.3, -0.25) is 9.59 Å². The van der Waals surface area contributed by atoms with Crippen LogP contribution in [0.5, 0.6) is 0 Å². The van der Waals surface area contributed by atoms with E-state index in [0.717, 1.165) is 10.0 Å². The molecular weight excluding hydrogens is 338 g/mol. The molecule has 1 amide bonds. The molecule has 5 nitrogen and oxygen atoms in total. The van der Waals surface area contributed by atoms with Crippen molar-refractivity contribution in [2.24, 2.45) is 0 Å². The molecular formula is C15H20BrNO4. The van der Waals surface area contributed by atoms with Gasteiger partial charge >= 0.3 is 5.97 Å². The Morgan fingerprint density at radius 1 is 1.19 bits per heavy atom. The summed E-state index contributed by atoms with van der Waals surface area (Å²) in [4.78, 5) is 25.2. The number of halogens is 1. The Bertz CT molecular complexity index is 478. The van der Waals surface area contributed by atoms with E-state index in [1.54, 1.807) is 12.0 Å². The average molecular weight is 358 g/mol. The summed E-state index contributed by atoms with van der Waals surface area (Å²) in [6.07, 6.45) is 0.466. The van der Waals surface area contributed by atoms with Gasteiger partial charge in [-0.25, -0.2) is 0 Å². The lowest BCUT2D eigenvalue weighted by Crippen LogP contribution is -2.36. The summed E-state index contributed by atoms with van der Waals surface area (Å²) >= 11 is 3.43. The first kappa shape index (κ1) is 17.7. The van der Waals surface area contributed by atoms with Crippen molar-refractivity contribution in [2.45, 2.75) is 12.8 Å². The van der Waals surface area contributed by atoms with Crippen molar-refractivity contribution in [3.05, 3.63) is 34.3 Å². The highest BCUT2D eigenvalue weighted by Gasteiger charge is 2.16. The smallest absolute Gasteiger partial charge is 0.307 e. The van der Waals surface area contributed by atoms with Gasteiger partial charge in [-0.1, -0.05) is 34.1 Å². The fourth-order valence-corrected chi connectivity index (χ4v) is 2.23. The maximum Gasteiger partial charge on any atom is 0.307 e. The molecule has 0 radical (unpaired) electrons. The number of hydrogen-bond acceptors (Lipinski definition) is 4. The van der Waals surface area contributed by atoms with E-state index in [9.17, 15) is 9.59 Å². The van der Waals surface area contributed by atoms with Gasteiger partial charge in [0, 0.05) is 24.7 Å². The number of nitrogens with zero attached hydrogens (tertiary/aromatic N) is 1.